The van der Waals surface area contributed by atoms with Crippen LogP contribution < -0.4 is 10.2 Å². The molecule has 1 aromatic heterocycles. The highest BCUT2D eigenvalue weighted by Crippen LogP contribution is 2.48. The van der Waals surface area contributed by atoms with Gasteiger partial charge in [0, 0.05) is 11.3 Å². The fourth-order valence-electron chi connectivity index (χ4n) is 5.41. The van der Waals surface area contributed by atoms with Crippen molar-refractivity contribution in [2.24, 2.45) is 9.98 Å². The molecule has 2 aliphatic rings. The van der Waals surface area contributed by atoms with E-state index in [1.165, 1.54) is 6.07 Å². The molecule has 9 heteroatoms. The Morgan fingerprint density at radius 1 is 0.780 bits per heavy atom. The van der Waals surface area contributed by atoms with E-state index in [9.17, 15) is 13.2 Å². The number of aryl methyl sites for hydroxylation is 1. The van der Waals surface area contributed by atoms with E-state index in [2.05, 4.69) is 22.3 Å². The van der Waals surface area contributed by atoms with Gasteiger partial charge >= 0.3 is 6.18 Å². The molecule has 0 saturated heterocycles. The van der Waals surface area contributed by atoms with Crippen molar-refractivity contribution in [1.29, 1.82) is 0 Å². The number of amidine groups is 2. The molecular formula is C32H23F3N6. The van der Waals surface area contributed by atoms with Crippen molar-refractivity contribution in [3.63, 3.8) is 0 Å². The summed E-state index contributed by atoms with van der Waals surface area (Å²) in [5, 5.41) is 8.05. The largest absolute Gasteiger partial charge is 0.416 e. The Kier molecular flexibility index (Phi) is 5.74. The number of alkyl halides is 3. The summed E-state index contributed by atoms with van der Waals surface area (Å²) in [5.41, 5.74) is 4.67. The lowest BCUT2D eigenvalue weighted by molar-refractivity contribution is -0.137. The third-order valence-corrected chi connectivity index (χ3v) is 7.21. The van der Waals surface area contributed by atoms with Crippen LogP contribution in [0.3, 0.4) is 0 Å². The zero-order chi connectivity index (χ0) is 28.1. The van der Waals surface area contributed by atoms with Crippen LogP contribution in [-0.4, -0.2) is 21.5 Å². The SMILES string of the molecule is Cc1nn(-c2ccccc2)c2c1[C@@H](c1ccccc1)N1C(=N2)C(Nc2cccc(C(F)(F)F)c2)=Nc2ccccc21. The number of halogens is 3. The molecular weight excluding hydrogens is 525 g/mol. The lowest BCUT2D eigenvalue weighted by Crippen LogP contribution is -2.46. The molecule has 41 heavy (non-hydrogen) atoms. The maximum Gasteiger partial charge on any atom is 0.416 e. The Morgan fingerprint density at radius 3 is 2.24 bits per heavy atom. The van der Waals surface area contributed by atoms with E-state index >= 15 is 0 Å². The fourth-order valence-corrected chi connectivity index (χ4v) is 5.41. The van der Waals surface area contributed by atoms with Crippen LogP contribution in [0.2, 0.25) is 0 Å². The zero-order valence-corrected chi connectivity index (χ0v) is 21.8. The highest BCUT2D eigenvalue weighted by molar-refractivity contribution is 6.51. The molecule has 0 radical (unpaired) electrons. The van der Waals surface area contributed by atoms with Gasteiger partial charge in [-0.15, -0.1) is 0 Å². The number of hydrogen-bond donors (Lipinski definition) is 1. The van der Waals surface area contributed by atoms with Gasteiger partial charge in [0.05, 0.1) is 34.4 Å². The predicted octanol–water partition coefficient (Wildman–Crippen LogP) is 7.99. The molecule has 0 fully saturated rings. The number of aromatic nitrogens is 2. The molecule has 0 bridgehead atoms. The highest BCUT2D eigenvalue weighted by Gasteiger charge is 2.41. The van der Waals surface area contributed by atoms with Crippen LogP contribution in [0, 0.1) is 6.92 Å². The van der Waals surface area contributed by atoms with Gasteiger partial charge in [-0.1, -0.05) is 66.7 Å². The number of nitrogens with one attached hydrogen (secondary N) is 1. The van der Waals surface area contributed by atoms with E-state index in [1.807, 2.05) is 84.4 Å². The van der Waals surface area contributed by atoms with Crippen molar-refractivity contribution in [2.75, 3.05) is 10.2 Å². The van der Waals surface area contributed by atoms with Crippen LogP contribution in [0.25, 0.3) is 5.69 Å². The van der Waals surface area contributed by atoms with Crippen LogP contribution in [0.5, 0.6) is 0 Å². The molecule has 7 rings (SSSR count). The third kappa shape index (κ3) is 4.26. The number of benzene rings is 4. The average molecular weight is 549 g/mol. The Balaban J connectivity index is 1.46. The van der Waals surface area contributed by atoms with Gasteiger partial charge in [-0.2, -0.15) is 18.3 Å². The minimum atomic E-state index is -4.47. The maximum absolute atomic E-state index is 13.5. The molecule has 2 aliphatic heterocycles. The maximum atomic E-state index is 13.5. The van der Waals surface area contributed by atoms with Gasteiger partial charge in [0.25, 0.3) is 0 Å². The highest BCUT2D eigenvalue weighted by atomic mass is 19.4. The number of anilines is 2. The quantitative estimate of drug-likeness (QED) is 0.249. The summed E-state index contributed by atoms with van der Waals surface area (Å²) < 4.78 is 42.4. The third-order valence-electron chi connectivity index (χ3n) is 7.21. The summed E-state index contributed by atoms with van der Waals surface area (Å²) >= 11 is 0. The topological polar surface area (TPSA) is 57.8 Å². The van der Waals surface area contributed by atoms with Crippen LogP contribution >= 0.6 is 0 Å². The van der Waals surface area contributed by atoms with Gasteiger partial charge in [0.1, 0.15) is 0 Å². The first-order valence-corrected chi connectivity index (χ1v) is 13.1. The first-order valence-electron chi connectivity index (χ1n) is 13.1. The van der Waals surface area contributed by atoms with Crippen molar-refractivity contribution in [1.82, 2.24) is 9.78 Å². The summed E-state index contributed by atoms with van der Waals surface area (Å²) in [4.78, 5) is 12.1. The monoisotopic (exact) mass is 548 g/mol. The summed E-state index contributed by atoms with van der Waals surface area (Å²) in [5.74, 6) is 1.47. The van der Waals surface area contributed by atoms with Gasteiger partial charge in [-0.3, -0.25) is 0 Å². The second-order valence-corrected chi connectivity index (χ2v) is 9.84. The van der Waals surface area contributed by atoms with Crippen molar-refractivity contribution in [2.45, 2.75) is 19.1 Å². The molecule has 6 nitrogen and oxygen atoms in total. The summed E-state index contributed by atoms with van der Waals surface area (Å²) in [6.07, 6.45) is -4.47. The molecule has 5 aromatic rings. The van der Waals surface area contributed by atoms with E-state index in [0.29, 0.717) is 23.2 Å². The second-order valence-electron chi connectivity index (χ2n) is 9.84. The summed E-state index contributed by atoms with van der Waals surface area (Å²) in [6.45, 7) is 1.97. The van der Waals surface area contributed by atoms with E-state index in [4.69, 9.17) is 15.1 Å². The normalized spacial score (nSPS) is 15.8. The smallest absolute Gasteiger partial charge is 0.337 e. The summed E-state index contributed by atoms with van der Waals surface area (Å²) in [6, 6.07) is 32.3. The van der Waals surface area contributed by atoms with E-state index < -0.39 is 11.7 Å². The molecule has 0 aliphatic carbocycles. The van der Waals surface area contributed by atoms with Crippen LogP contribution in [0.1, 0.15) is 28.4 Å². The lowest BCUT2D eigenvalue weighted by atomic mass is 9.93. The van der Waals surface area contributed by atoms with Crippen molar-refractivity contribution >= 4 is 34.6 Å². The standard InChI is InChI=1S/C32H23F3N6/c1-20-27-28(21-11-4-2-5-12-21)40-26-18-9-8-17-25(26)37-29(36-23-14-10-13-22(19-23)32(33,34)35)31(40)38-30(27)41(39-20)24-15-6-3-7-16-24/h2-19,28H,1H3,(H,36,37)/t28-/m1/s1. The summed E-state index contributed by atoms with van der Waals surface area (Å²) in [7, 11) is 0. The van der Waals surface area contributed by atoms with Gasteiger partial charge in [-0.05, 0) is 55.0 Å². The van der Waals surface area contributed by atoms with Crippen LogP contribution in [-0.2, 0) is 6.18 Å². The van der Waals surface area contributed by atoms with Gasteiger partial charge in [-0.25, -0.2) is 14.7 Å². The van der Waals surface area contributed by atoms with E-state index in [1.54, 1.807) is 6.07 Å². The first kappa shape index (κ1) is 24.8. The van der Waals surface area contributed by atoms with Crippen molar-refractivity contribution in [3.8, 4) is 5.69 Å². The van der Waals surface area contributed by atoms with Crippen LogP contribution in [0.15, 0.2) is 119 Å². The molecule has 202 valence electrons. The molecule has 0 amide bonds. The van der Waals surface area contributed by atoms with Gasteiger partial charge in [0.15, 0.2) is 17.5 Å². The number of nitrogens with zero attached hydrogens (tertiary/aromatic N) is 5. The van der Waals surface area contributed by atoms with Crippen molar-refractivity contribution < 1.29 is 13.2 Å². The second kappa shape index (κ2) is 9.48. The Bertz CT molecular complexity index is 1820. The minimum Gasteiger partial charge on any atom is -0.337 e. The molecule has 1 N–H and O–H groups in total. The zero-order valence-electron chi connectivity index (χ0n) is 21.8. The number of aliphatic imine (C=N–C) groups is 2. The molecule has 0 saturated carbocycles. The predicted molar refractivity (Wildman–Crippen MR) is 155 cm³/mol. The molecule has 0 spiro atoms. The molecule has 3 heterocycles. The Morgan fingerprint density at radius 2 is 1.49 bits per heavy atom. The van der Waals surface area contributed by atoms with E-state index in [-0.39, 0.29) is 11.7 Å². The van der Waals surface area contributed by atoms with E-state index in [0.717, 1.165) is 40.3 Å². The Labute approximate surface area is 234 Å². The number of fused-ring (bicyclic) bond motifs is 4. The molecule has 0 unspecified atom stereocenters. The van der Waals surface area contributed by atoms with Crippen LogP contribution in [0.4, 0.5) is 36.1 Å². The Hall–Kier alpha value is -5.18. The average Bonchev–Trinajstić information content (AvgIpc) is 3.32. The minimum absolute atomic E-state index is 0.260. The van der Waals surface area contributed by atoms with Gasteiger partial charge < -0.3 is 10.2 Å². The fraction of sp³-hybridized carbons (Fsp3) is 0.0938. The number of rotatable bonds is 3. The molecule has 4 aromatic carbocycles. The molecule has 1 atom stereocenters. The number of hydrogen-bond acceptors (Lipinski definition) is 5. The first-order chi connectivity index (χ1) is 19.9. The van der Waals surface area contributed by atoms with Crippen molar-refractivity contribution in [3.05, 3.63) is 132 Å². The lowest BCUT2D eigenvalue weighted by Gasteiger charge is -2.40. The van der Waals surface area contributed by atoms with Gasteiger partial charge in [0.2, 0.25) is 0 Å². The number of para-hydroxylation sites is 3.